The van der Waals surface area contributed by atoms with E-state index in [0.717, 1.165) is 11.6 Å². The summed E-state index contributed by atoms with van der Waals surface area (Å²) >= 11 is 0. The lowest BCUT2D eigenvalue weighted by atomic mass is 10.1. The van der Waals surface area contributed by atoms with Gasteiger partial charge in [0.05, 0.1) is 5.52 Å². The van der Waals surface area contributed by atoms with Crippen LogP contribution in [0.3, 0.4) is 0 Å². The van der Waals surface area contributed by atoms with E-state index in [2.05, 4.69) is 15.1 Å². The second kappa shape index (κ2) is 5.70. The fourth-order valence-corrected chi connectivity index (χ4v) is 2.58. The number of hydrogen-bond acceptors (Lipinski definition) is 3. The van der Waals surface area contributed by atoms with E-state index in [0.29, 0.717) is 22.4 Å². The van der Waals surface area contributed by atoms with E-state index in [1.165, 1.54) is 0 Å². The van der Waals surface area contributed by atoms with Crippen molar-refractivity contribution in [3.8, 4) is 22.8 Å². The zero-order valence-electron chi connectivity index (χ0n) is 12.7. The number of halogens is 3. The van der Waals surface area contributed by atoms with Crippen molar-refractivity contribution in [2.75, 3.05) is 0 Å². The summed E-state index contributed by atoms with van der Waals surface area (Å²) < 4.78 is 38.6. The molecule has 0 aliphatic rings. The molecule has 4 rings (SSSR count). The monoisotopic (exact) mass is 340 g/mol. The van der Waals surface area contributed by atoms with Crippen molar-refractivity contribution in [2.24, 2.45) is 0 Å². The van der Waals surface area contributed by atoms with E-state index in [1.54, 1.807) is 18.2 Å². The van der Waals surface area contributed by atoms with Gasteiger partial charge in [-0.2, -0.15) is 18.3 Å². The fourth-order valence-electron chi connectivity index (χ4n) is 2.58. The van der Waals surface area contributed by atoms with Crippen molar-refractivity contribution in [1.29, 1.82) is 0 Å². The molecule has 2 aromatic heterocycles. The molecule has 0 saturated heterocycles. The summed E-state index contributed by atoms with van der Waals surface area (Å²) in [6.07, 6.45) is -4.49. The Bertz CT molecular complexity index is 1040. The van der Waals surface area contributed by atoms with Crippen molar-refractivity contribution in [3.63, 3.8) is 0 Å². The lowest BCUT2D eigenvalue weighted by Gasteiger charge is -2.07. The Morgan fingerprint density at radius 3 is 2.28 bits per heavy atom. The van der Waals surface area contributed by atoms with Gasteiger partial charge in [0.1, 0.15) is 17.1 Å². The van der Waals surface area contributed by atoms with Crippen molar-refractivity contribution in [2.45, 2.75) is 6.18 Å². The Balaban J connectivity index is 1.94. The van der Waals surface area contributed by atoms with E-state index < -0.39 is 11.9 Å². The first-order chi connectivity index (χ1) is 12.0. The first-order valence-corrected chi connectivity index (χ1v) is 7.47. The minimum Gasteiger partial charge on any atom is -0.273 e. The van der Waals surface area contributed by atoms with Crippen LogP contribution in [-0.4, -0.2) is 20.2 Å². The van der Waals surface area contributed by atoms with E-state index in [1.807, 2.05) is 41.5 Å². The normalized spacial score (nSPS) is 11.8. The zero-order valence-corrected chi connectivity index (χ0v) is 12.7. The summed E-state index contributed by atoms with van der Waals surface area (Å²) in [5.41, 5.74) is 0.995. The number of para-hydroxylation sites is 1. The zero-order chi connectivity index (χ0) is 17.4. The molecule has 1 N–H and O–H groups in total. The quantitative estimate of drug-likeness (QED) is 0.575. The first kappa shape index (κ1) is 15.3. The van der Waals surface area contributed by atoms with Gasteiger partial charge in [-0.3, -0.25) is 5.10 Å². The van der Waals surface area contributed by atoms with Crippen molar-refractivity contribution < 1.29 is 13.2 Å². The minimum absolute atomic E-state index is 0.128. The molecule has 2 heterocycles. The molecule has 0 spiro atoms. The third kappa shape index (κ3) is 2.84. The summed E-state index contributed by atoms with van der Waals surface area (Å²) in [4.78, 5) is 8.99. The molecular weight excluding hydrogens is 329 g/mol. The fraction of sp³-hybridized carbons (Fsp3) is 0.0556. The van der Waals surface area contributed by atoms with Gasteiger partial charge in [0.25, 0.3) is 0 Å². The van der Waals surface area contributed by atoms with Gasteiger partial charge in [-0.1, -0.05) is 48.5 Å². The van der Waals surface area contributed by atoms with Crippen molar-refractivity contribution in [3.05, 3.63) is 66.4 Å². The molecule has 25 heavy (non-hydrogen) atoms. The minimum atomic E-state index is -4.49. The number of nitrogens with one attached hydrogen (secondary N) is 1. The van der Waals surface area contributed by atoms with Gasteiger partial charge in [-0.15, -0.1) is 0 Å². The highest BCUT2D eigenvalue weighted by Crippen LogP contribution is 2.32. The van der Waals surface area contributed by atoms with Crippen molar-refractivity contribution >= 4 is 10.9 Å². The number of fused-ring (bicyclic) bond motifs is 1. The maximum Gasteiger partial charge on any atom is 0.432 e. The third-order valence-electron chi connectivity index (χ3n) is 3.76. The number of nitrogens with zero attached hydrogens (tertiary/aromatic N) is 3. The highest BCUT2D eigenvalue weighted by molar-refractivity contribution is 5.92. The largest absolute Gasteiger partial charge is 0.432 e. The standard InChI is InChI=1S/C18H11F3N4/c19-18(20,21)15-10-14(24-25-15)16-12-8-4-5-9-13(12)22-17(23-16)11-6-2-1-3-7-11/h1-10H,(H,24,25). The van der Waals surface area contributed by atoms with Crippen LogP contribution in [0.1, 0.15) is 5.69 Å². The van der Waals surface area contributed by atoms with Crippen molar-refractivity contribution in [1.82, 2.24) is 20.2 Å². The number of aromatic amines is 1. The Morgan fingerprint density at radius 2 is 1.56 bits per heavy atom. The molecule has 0 saturated carbocycles. The number of aromatic nitrogens is 4. The molecule has 0 radical (unpaired) electrons. The maximum atomic E-state index is 12.9. The van der Waals surface area contributed by atoms with Crippen LogP contribution < -0.4 is 0 Å². The number of benzene rings is 2. The number of alkyl halides is 3. The molecule has 0 fully saturated rings. The Morgan fingerprint density at radius 1 is 0.840 bits per heavy atom. The second-order valence-electron chi connectivity index (χ2n) is 5.44. The van der Waals surface area contributed by atoms with E-state index in [-0.39, 0.29) is 5.69 Å². The van der Waals surface area contributed by atoms with Crippen LogP contribution in [0, 0.1) is 0 Å². The molecule has 0 amide bonds. The smallest absolute Gasteiger partial charge is 0.273 e. The van der Waals surface area contributed by atoms with Gasteiger partial charge in [0, 0.05) is 10.9 Å². The number of H-pyrrole nitrogens is 1. The third-order valence-corrected chi connectivity index (χ3v) is 3.76. The molecule has 124 valence electrons. The Hall–Kier alpha value is -3.22. The Labute approximate surface area is 140 Å². The average Bonchev–Trinajstić information content (AvgIpc) is 3.12. The summed E-state index contributed by atoms with van der Waals surface area (Å²) in [5.74, 6) is 0.436. The van der Waals surface area contributed by atoms with Crippen LogP contribution in [0.15, 0.2) is 60.7 Å². The van der Waals surface area contributed by atoms with Gasteiger partial charge < -0.3 is 0 Å². The highest BCUT2D eigenvalue weighted by atomic mass is 19.4. The maximum absolute atomic E-state index is 12.9. The summed E-state index contributed by atoms with van der Waals surface area (Å²) in [5, 5.41) is 6.48. The van der Waals surface area contributed by atoms with Gasteiger partial charge in [-0.05, 0) is 12.1 Å². The molecule has 0 aliphatic heterocycles. The SMILES string of the molecule is FC(F)(F)c1cc(-c2nc(-c3ccccc3)nc3ccccc23)n[nH]1. The van der Waals surface area contributed by atoms with Crippen LogP contribution in [-0.2, 0) is 6.18 Å². The number of hydrogen-bond donors (Lipinski definition) is 1. The molecule has 4 aromatic rings. The summed E-state index contributed by atoms with van der Waals surface area (Å²) in [7, 11) is 0. The lowest BCUT2D eigenvalue weighted by molar-refractivity contribution is -0.141. The van der Waals surface area contributed by atoms with Gasteiger partial charge in [0.2, 0.25) is 0 Å². The predicted octanol–water partition coefficient (Wildman–Crippen LogP) is 4.71. The summed E-state index contributed by atoms with van der Waals surface area (Å²) in [6.45, 7) is 0. The van der Waals surface area contributed by atoms with Crippen LogP contribution in [0.25, 0.3) is 33.7 Å². The first-order valence-electron chi connectivity index (χ1n) is 7.47. The van der Waals surface area contributed by atoms with Gasteiger partial charge in [0.15, 0.2) is 5.82 Å². The van der Waals surface area contributed by atoms with Gasteiger partial charge in [-0.25, -0.2) is 9.97 Å². The average molecular weight is 340 g/mol. The highest BCUT2D eigenvalue weighted by Gasteiger charge is 2.33. The second-order valence-corrected chi connectivity index (χ2v) is 5.44. The molecular formula is C18H11F3N4. The van der Waals surface area contributed by atoms with Crippen LogP contribution >= 0.6 is 0 Å². The molecule has 0 bridgehead atoms. The predicted molar refractivity (Wildman–Crippen MR) is 87.6 cm³/mol. The van der Waals surface area contributed by atoms with Crippen LogP contribution in [0.5, 0.6) is 0 Å². The van der Waals surface area contributed by atoms with Crippen LogP contribution in [0.4, 0.5) is 13.2 Å². The lowest BCUT2D eigenvalue weighted by Crippen LogP contribution is -2.04. The number of rotatable bonds is 2. The topological polar surface area (TPSA) is 54.5 Å². The molecule has 4 nitrogen and oxygen atoms in total. The molecule has 0 unspecified atom stereocenters. The Kier molecular flexibility index (Phi) is 3.49. The molecule has 7 heteroatoms. The molecule has 0 aliphatic carbocycles. The van der Waals surface area contributed by atoms with E-state index in [4.69, 9.17) is 0 Å². The summed E-state index contributed by atoms with van der Waals surface area (Å²) in [6, 6.07) is 17.4. The van der Waals surface area contributed by atoms with E-state index in [9.17, 15) is 13.2 Å². The molecule has 2 aromatic carbocycles. The van der Waals surface area contributed by atoms with Gasteiger partial charge >= 0.3 is 6.18 Å². The van der Waals surface area contributed by atoms with Crippen LogP contribution in [0.2, 0.25) is 0 Å². The molecule has 0 atom stereocenters. The van der Waals surface area contributed by atoms with E-state index >= 15 is 0 Å².